The molecule has 0 aromatic heterocycles. The number of carbonyl (C=O) groups is 1. The average molecular weight is 194 g/mol. The van der Waals surface area contributed by atoms with E-state index >= 15 is 0 Å². The van der Waals surface area contributed by atoms with E-state index in [4.69, 9.17) is 5.73 Å². The van der Waals surface area contributed by atoms with Crippen LogP contribution in [0.2, 0.25) is 0 Å². The molecule has 0 bridgehead atoms. The molecule has 3 heteroatoms. The molecule has 1 rings (SSSR count). The highest BCUT2D eigenvalue weighted by Gasteiger charge is 2.12. The summed E-state index contributed by atoms with van der Waals surface area (Å²) >= 11 is 0. The quantitative estimate of drug-likeness (QED) is 0.741. The summed E-state index contributed by atoms with van der Waals surface area (Å²) < 4.78 is 0. The molecule has 0 radical (unpaired) electrons. The van der Waals surface area contributed by atoms with E-state index in [2.05, 4.69) is 18.0 Å². The Labute approximate surface area is 85.3 Å². The molecule has 1 aliphatic rings. The number of amides is 1. The van der Waals surface area contributed by atoms with Crippen molar-refractivity contribution in [2.75, 3.05) is 6.54 Å². The zero-order valence-electron chi connectivity index (χ0n) is 8.92. The van der Waals surface area contributed by atoms with Crippen molar-refractivity contribution in [3.63, 3.8) is 0 Å². The molecule has 0 saturated heterocycles. The normalized spacial score (nSPS) is 16.3. The van der Waals surface area contributed by atoms with Crippen LogP contribution in [0.4, 0.5) is 0 Å². The first-order valence-electron chi connectivity index (χ1n) is 5.07. The van der Waals surface area contributed by atoms with Gasteiger partial charge >= 0.3 is 0 Å². The fourth-order valence-electron chi connectivity index (χ4n) is 1.53. The third-order valence-electron chi connectivity index (χ3n) is 2.26. The second-order valence-electron chi connectivity index (χ2n) is 3.76. The Bertz CT molecular complexity index is 279. The van der Waals surface area contributed by atoms with Gasteiger partial charge in [-0.2, -0.15) is 0 Å². The van der Waals surface area contributed by atoms with Crippen LogP contribution in [0.15, 0.2) is 23.5 Å². The molecule has 0 aromatic carbocycles. The SMILES string of the molecule is CCCCN1C=C(C)CC(C(N)=O)=C1. The zero-order chi connectivity index (χ0) is 10.6. The number of nitrogens with two attached hydrogens (primary N) is 1. The van der Waals surface area contributed by atoms with Gasteiger partial charge in [-0.1, -0.05) is 18.9 Å². The maximum Gasteiger partial charge on any atom is 0.246 e. The Morgan fingerprint density at radius 1 is 1.57 bits per heavy atom. The molecule has 1 heterocycles. The molecule has 2 N–H and O–H groups in total. The van der Waals surface area contributed by atoms with E-state index in [9.17, 15) is 4.79 Å². The van der Waals surface area contributed by atoms with Crippen LogP contribution in [0, 0.1) is 0 Å². The maximum atomic E-state index is 11.0. The number of primary amides is 1. The Kier molecular flexibility index (Phi) is 3.74. The largest absolute Gasteiger partial charge is 0.366 e. The van der Waals surface area contributed by atoms with E-state index in [1.165, 1.54) is 5.57 Å². The monoisotopic (exact) mass is 194 g/mol. The van der Waals surface area contributed by atoms with E-state index in [1.54, 1.807) is 0 Å². The standard InChI is InChI=1S/C11H18N2O/c1-3-4-5-13-7-9(2)6-10(8-13)11(12)14/h7-8H,3-6H2,1-2H3,(H2,12,14). The van der Waals surface area contributed by atoms with Crippen LogP contribution in [0.5, 0.6) is 0 Å². The molecule has 78 valence electrons. The van der Waals surface area contributed by atoms with E-state index < -0.39 is 0 Å². The van der Waals surface area contributed by atoms with Gasteiger partial charge in [0.1, 0.15) is 0 Å². The first-order valence-corrected chi connectivity index (χ1v) is 5.07. The summed E-state index contributed by atoms with van der Waals surface area (Å²) in [6.07, 6.45) is 6.93. The zero-order valence-corrected chi connectivity index (χ0v) is 8.92. The Morgan fingerprint density at radius 3 is 2.86 bits per heavy atom. The summed E-state index contributed by atoms with van der Waals surface area (Å²) in [7, 11) is 0. The second kappa shape index (κ2) is 4.84. The Balaban J connectivity index is 2.64. The van der Waals surface area contributed by atoms with Crippen molar-refractivity contribution >= 4 is 5.91 Å². The number of hydrogen-bond acceptors (Lipinski definition) is 2. The molecule has 0 atom stereocenters. The van der Waals surface area contributed by atoms with E-state index in [0.717, 1.165) is 19.4 Å². The number of carbonyl (C=O) groups excluding carboxylic acids is 1. The lowest BCUT2D eigenvalue weighted by Crippen LogP contribution is -2.22. The Hall–Kier alpha value is -1.25. The van der Waals surface area contributed by atoms with E-state index in [0.29, 0.717) is 12.0 Å². The lowest BCUT2D eigenvalue weighted by Gasteiger charge is -2.22. The number of rotatable bonds is 4. The van der Waals surface area contributed by atoms with Crippen molar-refractivity contribution in [2.24, 2.45) is 5.73 Å². The van der Waals surface area contributed by atoms with Crippen molar-refractivity contribution in [2.45, 2.75) is 33.1 Å². The molecule has 0 spiro atoms. The lowest BCUT2D eigenvalue weighted by atomic mass is 10.0. The van der Waals surface area contributed by atoms with Gasteiger partial charge in [-0.05, 0) is 13.3 Å². The van der Waals surface area contributed by atoms with Gasteiger partial charge in [0.25, 0.3) is 0 Å². The van der Waals surface area contributed by atoms with E-state index in [-0.39, 0.29) is 5.91 Å². The van der Waals surface area contributed by atoms with Crippen LogP contribution >= 0.6 is 0 Å². The average Bonchev–Trinajstić information content (AvgIpc) is 2.14. The van der Waals surface area contributed by atoms with Gasteiger partial charge in [0.2, 0.25) is 5.91 Å². The number of hydrogen-bond donors (Lipinski definition) is 1. The Morgan fingerprint density at radius 2 is 2.29 bits per heavy atom. The summed E-state index contributed by atoms with van der Waals surface area (Å²) in [6, 6.07) is 0. The molecular formula is C11H18N2O. The minimum absolute atomic E-state index is 0.307. The van der Waals surface area contributed by atoms with Gasteiger partial charge < -0.3 is 10.6 Å². The third kappa shape index (κ3) is 2.91. The van der Waals surface area contributed by atoms with Crippen LogP contribution in [-0.4, -0.2) is 17.4 Å². The van der Waals surface area contributed by atoms with Crippen LogP contribution in [0.25, 0.3) is 0 Å². The smallest absolute Gasteiger partial charge is 0.246 e. The summed E-state index contributed by atoms with van der Waals surface area (Å²) in [5, 5.41) is 0. The summed E-state index contributed by atoms with van der Waals surface area (Å²) in [5.41, 5.74) is 7.16. The first kappa shape index (κ1) is 10.8. The minimum atomic E-state index is -0.307. The van der Waals surface area contributed by atoms with Crippen molar-refractivity contribution in [1.29, 1.82) is 0 Å². The van der Waals surface area contributed by atoms with Gasteiger partial charge in [-0.25, -0.2) is 0 Å². The van der Waals surface area contributed by atoms with Crippen molar-refractivity contribution in [3.8, 4) is 0 Å². The predicted octanol–water partition coefficient (Wildman–Crippen LogP) is 1.77. The van der Waals surface area contributed by atoms with Crippen molar-refractivity contribution in [1.82, 2.24) is 4.90 Å². The molecule has 0 unspecified atom stereocenters. The number of allylic oxidation sites excluding steroid dienone is 1. The highest BCUT2D eigenvalue weighted by molar-refractivity contribution is 5.92. The first-order chi connectivity index (χ1) is 6.63. The van der Waals surface area contributed by atoms with Crippen LogP contribution in [-0.2, 0) is 4.79 Å². The van der Waals surface area contributed by atoms with Crippen molar-refractivity contribution < 1.29 is 4.79 Å². The molecule has 3 nitrogen and oxygen atoms in total. The summed E-state index contributed by atoms with van der Waals surface area (Å²) in [4.78, 5) is 13.1. The molecular weight excluding hydrogens is 176 g/mol. The predicted molar refractivity (Wildman–Crippen MR) is 57.3 cm³/mol. The number of nitrogens with zero attached hydrogens (tertiary/aromatic N) is 1. The highest BCUT2D eigenvalue weighted by Crippen LogP contribution is 2.18. The lowest BCUT2D eigenvalue weighted by molar-refractivity contribution is -0.114. The van der Waals surface area contributed by atoms with Gasteiger partial charge in [-0.15, -0.1) is 0 Å². The molecule has 0 aromatic rings. The number of unbranched alkanes of at least 4 members (excludes halogenated alkanes) is 1. The highest BCUT2D eigenvalue weighted by atomic mass is 16.1. The molecule has 0 aliphatic carbocycles. The van der Waals surface area contributed by atoms with Crippen LogP contribution in [0.1, 0.15) is 33.1 Å². The molecule has 0 saturated carbocycles. The molecule has 1 aliphatic heterocycles. The third-order valence-corrected chi connectivity index (χ3v) is 2.26. The minimum Gasteiger partial charge on any atom is -0.366 e. The van der Waals surface area contributed by atoms with Gasteiger partial charge in [-0.3, -0.25) is 4.79 Å². The van der Waals surface area contributed by atoms with Crippen LogP contribution < -0.4 is 5.73 Å². The van der Waals surface area contributed by atoms with Crippen LogP contribution in [0.3, 0.4) is 0 Å². The molecule has 1 amide bonds. The maximum absolute atomic E-state index is 11.0. The van der Waals surface area contributed by atoms with E-state index in [1.807, 2.05) is 13.1 Å². The van der Waals surface area contributed by atoms with Gasteiger partial charge in [0.15, 0.2) is 0 Å². The van der Waals surface area contributed by atoms with Gasteiger partial charge in [0, 0.05) is 30.9 Å². The fraction of sp³-hybridized carbons (Fsp3) is 0.545. The summed E-state index contributed by atoms with van der Waals surface area (Å²) in [6.45, 7) is 5.14. The fourth-order valence-corrected chi connectivity index (χ4v) is 1.53. The topological polar surface area (TPSA) is 46.3 Å². The van der Waals surface area contributed by atoms with Crippen molar-refractivity contribution in [3.05, 3.63) is 23.5 Å². The molecule has 14 heavy (non-hydrogen) atoms. The van der Waals surface area contributed by atoms with Gasteiger partial charge in [0.05, 0.1) is 0 Å². The molecule has 0 fully saturated rings. The second-order valence-corrected chi connectivity index (χ2v) is 3.76. The summed E-state index contributed by atoms with van der Waals surface area (Å²) in [5.74, 6) is -0.307.